The van der Waals surface area contributed by atoms with Gasteiger partial charge in [-0.2, -0.15) is 0 Å². The van der Waals surface area contributed by atoms with Crippen molar-refractivity contribution in [1.29, 1.82) is 0 Å². The topological polar surface area (TPSA) is 49.8 Å². The van der Waals surface area contributed by atoms with Crippen molar-refractivity contribution < 1.29 is 14.6 Å². The van der Waals surface area contributed by atoms with Crippen LogP contribution in [0.1, 0.15) is 98.8 Å². The molecule has 0 spiro atoms. The summed E-state index contributed by atoms with van der Waals surface area (Å²) >= 11 is 0. The second-order valence-electron chi connectivity index (χ2n) is 9.20. The third kappa shape index (κ3) is 12.0. The van der Waals surface area contributed by atoms with Crippen molar-refractivity contribution in [2.75, 3.05) is 0 Å². The SMILES string of the molecule is CCCCC/C=C\C/C=C\CC(C)(O)C#CC1OC1CCCCC(C)(C)C(C)=O. The number of epoxide rings is 1. The van der Waals surface area contributed by atoms with Gasteiger partial charge in [-0.25, -0.2) is 0 Å². The van der Waals surface area contributed by atoms with Gasteiger partial charge >= 0.3 is 0 Å². The maximum atomic E-state index is 11.5. The van der Waals surface area contributed by atoms with Gasteiger partial charge in [0.2, 0.25) is 0 Å². The molecule has 1 fully saturated rings. The van der Waals surface area contributed by atoms with Gasteiger partial charge in [-0.15, -0.1) is 0 Å². The Morgan fingerprint density at radius 1 is 1.07 bits per heavy atom. The molecule has 1 aliphatic rings. The number of hydrogen-bond donors (Lipinski definition) is 1. The van der Waals surface area contributed by atoms with Gasteiger partial charge in [-0.3, -0.25) is 4.79 Å². The minimum atomic E-state index is -1.01. The number of carbonyl (C=O) groups is 1. The van der Waals surface area contributed by atoms with E-state index in [0.717, 1.165) is 38.5 Å². The highest BCUT2D eigenvalue weighted by molar-refractivity contribution is 5.81. The zero-order valence-electron chi connectivity index (χ0n) is 19.3. The van der Waals surface area contributed by atoms with Crippen LogP contribution in [0.25, 0.3) is 0 Å². The molecule has 1 rings (SSSR count). The standard InChI is InChI=1S/C26H42O3/c1-6-7-8-9-10-11-12-13-15-20-26(5,28)21-18-24-23(29-24)17-14-16-19-25(3,4)22(2)27/h10-11,13,15,23-24,28H,6-9,12,14,16-17,19-20H2,1-5H3/b11-10-,15-13-. The summed E-state index contributed by atoms with van der Waals surface area (Å²) in [6, 6.07) is 0. The normalized spacial score (nSPS) is 21.2. The maximum absolute atomic E-state index is 11.5. The van der Waals surface area contributed by atoms with Crippen molar-refractivity contribution >= 4 is 5.78 Å². The Morgan fingerprint density at radius 3 is 2.48 bits per heavy atom. The van der Waals surface area contributed by atoms with Gasteiger partial charge < -0.3 is 9.84 Å². The number of rotatable bonds is 14. The van der Waals surface area contributed by atoms with Crippen LogP contribution in [0.15, 0.2) is 24.3 Å². The first kappa shape index (κ1) is 25.7. The Morgan fingerprint density at radius 2 is 1.79 bits per heavy atom. The Hall–Kier alpha value is -1.37. The summed E-state index contributed by atoms with van der Waals surface area (Å²) in [5.41, 5.74) is -1.23. The molecular formula is C26H42O3. The number of unbranched alkanes of at least 4 members (excludes halogenated alkanes) is 4. The molecule has 1 N–H and O–H groups in total. The molecule has 3 heteroatoms. The predicted octanol–water partition coefficient (Wildman–Crippen LogP) is 6.16. The van der Waals surface area contributed by atoms with E-state index in [-0.39, 0.29) is 23.4 Å². The highest BCUT2D eigenvalue weighted by atomic mass is 16.6. The van der Waals surface area contributed by atoms with Crippen LogP contribution < -0.4 is 0 Å². The minimum absolute atomic E-state index is 0.0441. The molecule has 1 aliphatic heterocycles. The van der Waals surface area contributed by atoms with E-state index in [1.807, 2.05) is 19.9 Å². The maximum Gasteiger partial charge on any atom is 0.144 e. The summed E-state index contributed by atoms with van der Waals surface area (Å²) in [7, 11) is 0. The molecule has 164 valence electrons. The van der Waals surface area contributed by atoms with E-state index in [1.165, 1.54) is 19.3 Å². The molecule has 1 heterocycles. The first-order valence-electron chi connectivity index (χ1n) is 11.4. The van der Waals surface area contributed by atoms with E-state index in [0.29, 0.717) is 6.42 Å². The second-order valence-corrected chi connectivity index (χ2v) is 9.20. The van der Waals surface area contributed by atoms with E-state index in [1.54, 1.807) is 13.8 Å². The predicted molar refractivity (Wildman–Crippen MR) is 122 cm³/mol. The molecule has 0 aliphatic carbocycles. The fraction of sp³-hybridized carbons (Fsp3) is 0.731. The summed E-state index contributed by atoms with van der Waals surface area (Å²) in [6.45, 7) is 9.67. The lowest BCUT2D eigenvalue weighted by atomic mass is 9.83. The zero-order valence-corrected chi connectivity index (χ0v) is 19.3. The molecule has 3 atom stereocenters. The molecule has 3 nitrogen and oxygen atoms in total. The molecule has 0 bridgehead atoms. The highest BCUT2D eigenvalue weighted by Gasteiger charge is 2.37. The molecule has 0 radical (unpaired) electrons. The third-order valence-corrected chi connectivity index (χ3v) is 5.65. The second kappa shape index (κ2) is 13.0. The number of Topliss-reactive ketones (excluding diaryl/α,β-unsaturated/α-hetero) is 1. The molecule has 0 saturated carbocycles. The molecule has 0 aromatic heterocycles. The lowest BCUT2D eigenvalue weighted by Crippen LogP contribution is -2.21. The average molecular weight is 403 g/mol. The van der Waals surface area contributed by atoms with Gasteiger partial charge in [-0.05, 0) is 46.0 Å². The smallest absolute Gasteiger partial charge is 0.144 e. The van der Waals surface area contributed by atoms with Crippen molar-refractivity contribution in [2.45, 2.75) is 117 Å². The van der Waals surface area contributed by atoms with Gasteiger partial charge in [0.25, 0.3) is 0 Å². The molecule has 0 aromatic rings. The summed E-state index contributed by atoms with van der Waals surface area (Å²) < 4.78 is 5.61. The number of ketones is 1. The molecule has 0 amide bonds. The first-order chi connectivity index (χ1) is 13.7. The average Bonchev–Trinajstić information content (AvgIpc) is 3.41. The number of aliphatic hydroxyl groups is 1. The van der Waals surface area contributed by atoms with Gasteiger partial charge in [0, 0.05) is 11.8 Å². The fourth-order valence-corrected chi connectivity index (χ4v) is 3.07. The Kier molecular flexibility index (Phi) is 11.5. The molecule has 3 unspecified atom stereocenters. The van der Waals surface area contributed by atoms with Crippen LogP contribution in [0.5, 0.6) is 0 Å². The van der Waals surface area contributed by atoms with Crippen molar-refractivity contribution in [3.05, 3.63) is 24.3 Å². The van der Waals surface area contributed by atoms with Crippen LogP contribution in [-0.2, 0) is 9.53 Å². The van der Waals surface area contributed by atoms with E-state index >= 15 is 0 Å². The highest BCUT2D eigenvalue weighted by Crippen LogP contribution is 2.30. The van der Waals surface area contributed by atoms with E-state index in [4.69, 9.17) is 4.74 Å². The molecule has 1 saturated heterocycles. The summed E-state index contributed by atoms with van der Waals surface area (Å²) in [5, 5.41) is 10.4. The summed E-state index contributed by atoms with van der Waals surface area (Å²) in [6.07, 6.45) is 19.0. The van der Waals surface area contributed by atoms with Crippen LogP contribution in [0, 0.1) is 17.3 Å². The number of ether oxygens (including phenoxy) is 1. The third-order valence-electron chi connectivity index (χ3n) is 5.65. The zero-order chi connectivity index (χ0) is 21.8. The fourth-order valence-electron chi connectivity index (χ4n) is 3.07. The number of allylic oxidation sites excluding steroid dienone is 3. The van der Waals surface area contributed by atoms with E-state index < -0.39 is 5.60 Å². The van der Waals surface area contributed by atoms with Crippen LogP contribution >= 0.6 is 0 Å². The largest absolute Gasteiger partial charge is 0.378 e. The van der Waals surface area contributed by atoms with Crippen molar-refractivity contribution in [1.82, 2.24) is 0 Å². The van der Waals surface area contributed by atoms with Gasteiger partial charge in [0.15, 0.2) is 0 Å². The van der Waals surface area contributed by atoms with Gasteiger partial charge in [0.05, 0.1) is 6.10 Å². The Balaban J connectivity index is 2.19. The van der Waals surface area contributed by atoms with Crippen LogP contribution in [0.2, 0.25) is 0 Å². The van der Waals surface area contributed by atoms with Crippen molar-refractivity contribution in [3.8, 4) is 11.8 Å². The van der Waals surface area contributed by atoms with Crippen LogP contribution in [-0.4, -0.2) is 28.7 Å². The summed E-state index contributed by atoms with van der Waals surface area (Å²) in [4.78, 5) is 11.5. The van der Waals surface area contributed by atoms with Gasteiger partial charge in [-0.1, -0.05) is 82.6 Å². The molecular weight excluding hydrogens is 360 g/mol. The Labute approximate surface area is 179 Å². The van der Waals surface area contributed by atoms with Crippen molar-refractivity contribution in [2.24, 2.45) is 5.41 Å². The number of carbonyl (C=O) groups excluding carboxylic acids is 1. The lowest BCUT2D eigenvalue weighted by Gasteiger charge is -2.20. The van der Waals surface area contributed by atoms with E-state index in [2.05, 4.69) is 37.0 Å². The minimum Gasteiger partial charge on any atom is -0.378 e. The van der Waals surface area contributed by atoms with E-state index in [9.17, 15) is 9.90 Å². The Bertz CT molecular complexity index is 601. The van der Waals surface area contributed by atoms with Gasteiger partial charge in [0.1, 0.15) is 17.5 Å². The molecule has 0 aromatic carbocycles. The van der Waals surface area contributed by atoms with Crippen LogP contribution in [0.4, 0.5) is 0 Å². The van der Waals surface area contributed by atoms with Crippen molar-refractivity contribution in [3.63, 3.8) is 0 Å². The number of hydrogen-bond acceptors (Lipinski definition) is 3. The first-order valence-corrected chi connectivity index (χ1v) is 11.4. The molecule has 29 heavy (non-hydrogen) atoms. The monoisotopic (exact) mass is 402 g/mol. The lowest BCUT2D eigenvalue weighted by molar-refractivity contribution is -0.125. The quantitative estimate of drug-likeness (QED) is 0.164. The van der Waals surface area contributed by atoms with Crippen LogP contribution in [0.3, 0.4) is 0 Å². The summed E-state index contributed by atoms with van der Waals surface area (Å²) in [5.74, 6) is 6.30.